The van der Waals surface area contributed by atoms with Crippen LogP contribution in [0.25, 0.3) is 0 Å². The third-order valence-corrected chi connectivity index (χ3v) is 1.05. The van der Waals surface area contributed by atoms with Gasteiger partial charge in [-0.2, -0.15) is 0 Å². The van der Waals surface area contributed by atoms with Crippen LogP contribution in [0.1, 0.15) is 5.76 Å². The summed E-state index contributed by atoms with van der Waals surface area (Å²) in [7, 11) is 0. The van der Waals surface area contributed by atoms with Crippen LogP contribution in [-0.4, -0.2) is 11.4 Å². The maximum atomic E-state index is 9.99. The molecule has 0 aliphatic carbocycles. The van der Waals surface area contributed by atoms with Crippen molar-refractivity contribution in [3.05, 3.63) is 24.2 Å². The smallest absolute Gasteiger partial charge is 0.224 e. The average Bonchev–Trinajstić information content (AvgIpc) is 2.40. The van der Waals surface area contributed by atoms with Crippen molar-refractivity contribution in [1.29, 1.82) is 0 Å². The lowest BCUT2D eigenvalue weighted by Crippen LogP contribution is -2.28. The number of nitrogens with two attached hydrogens (primary N) is 1. The summed E-state index contributed by atoms with van der Waals surface area (Å²) in [6, 6.07) is 3.50. The normalized spacial score (nSPS) is 9.30. The topological polar surface area (TPSA) is 59.5 Å². The minimum absolute atomic E-state index is 0.316. The summed E-state index contributed by atoms with van der Waals surface area (Å²) in [5.74, 6) is 5.84. The number of hydrogen-bond donors (Lipinski definition) is 1. The molecule has 0 aliphatic rings. The van der Waals surface area contributed by atoms with Gasteiger partial charge < -0.3 is 4.42 Å². The minimum Gasteiger partial charge on any atom is -0.467 e. The summed E-state index contributed by atoms with van der Waals surface area (Å²) in [5.41, 5.74) is 0. The Balaban J connectivity index is 2.47. The lowest BCUT2D eigenvalue weighted by Gasteiger charge is -2.05. The maximum absolute atomic E-state index is 9.99. The molecule has 10 heavy (non-hydrogen) atoms. The fourth-order valence-electron chi connectivity index (χ4n) is 0.620. The molecule has 2 N–H and O–H groups in total. The van der Waals surface area contributed by atoms with E-state index in [1.807, 2.05) is 0 Å². The first-order chi connectivity index (χ1) is 4.83. The van der Waals surface area contributed by atoms with E-state index >= 15 is 0 Å². The van der Waals surface area contributed by atoms with Crippen molar-refractivity contribution >= 4 is 6.41 Å². The molecule has 0 aromatic carbocycles. The van der Waals surface area contributed by atoms with Gasteiger partial charge in [-0.15, -0.1) is 0 Å². The van der Waals surface area contributed by atoms with Gasteiger partial charge in [-0.3, -0.25) is 9.80 Å². The molecule has 0 saturated carbocycles. The van der Waals surface area contributed by atoms with Crippen molar-refractivity contribution in [3.63, 3.8) is 0 Å². The van der Waals surface area contributed by atoms with Crippen LogP contribution in [0.5, 0.6) is 0 Å². The van der Waals surface area contributed by atoms with Crippen molar-refractivity contribution in [2.45, 2.75) is 6.54 Å². The highest BCUT2D eigenvalue weighted by atomic mass is 16.3. The van der Waals surface area contributed by atoms with E-state index in [0.29, 0.717) is 18.7 Å². The molecule has 0 spiro atoms. The van der Waals surface area contributed by atoms with Gasteiger partial charge in [0, 0.05) is 0 Å². The van der Waals surface area contributed by atoms with Crippen LogP contribution < -0.4 is 5.84 Å². The van der Waals surface area contributed by atoms with Gasteiger partial charge in [0.05, 0.1) is 12.8 Å². The lowest BCUT2D eigenvalue weighted by atomic mass is 10.4. The minimum atomic E-state index is 0.316. The molecule has 0 bridgehead atoms. The lowest BCUT2D eigenvalue weighted by molar-refractivity contribution is -0.119. The Morgan fingerprint density at radius 1 is 1.80 bits per heavy atom. The first-order valence-corrected chi connectivity index (χ1v) is 2.82. The molecule has 1 rings (SSSR count). The summed E-state index contributed by atoms with van der Waals surface area (Å²) in [5, 5.41) is 1.01. The molecule has 4 nitrogen and oxygen atoms in total. The van der Waals surface area contributed by atoms with Crippen molar-refractivity contribution in [2.24, 2.45) is 5.84 Å². The number of rotatable bonds is 3. The number of carbonyl (C=O) groups is 1. The van der Waals surface area contributed by atoms with E-state index in [-0.39, 0.29) is 0 Å². The van der Waals surface area contributed by atoms with Gasteiger partial charge in [-0.1, -0.05) is 0 Å². The molecule has 1 amide bonds. The Hall–Kier alpha value is -1.29. The van der Waals surface area contributed by atoms with E-state index in [4.69, 9.17) is 10.3 Å². The van der Waals surface area contributed by atoms with Crippen LogP contribution in [0.2, 0.25) is 0 Å². The Bertz CT molecular complexity index is 196. The fraction of sp³-hybridized carbons (Fsp3) is 0.167. The molecule has 0 radical (unpaired) electrons. The summed E-state index contributed by atoms with van der Waals surface area (Å²) in [6.07, 6.45) is 2.08. The van der Waals surface area contributed by atoms with Gasteiger partial charge in [0.15, 0.2) is 0 Å². The highest BCUT2D eigenvalue weighted by molar-refractivity contribution is 5.45. The van der Waals surface area contributed by atoms with E-state index in [1.54, 1.807) is 12.1 Å². The van der Waals surface area contributed by atoms with Gasteiger partial charge in [0.25, 0.3) is 0 Å². The van der Waals surface area contributed by atoms with Gasteiger partial charge in [0.1, 0.15) is 5.76 Å². The molecule has 1 aromatic heterocycles. The second-order valence-electron chi connectivity index (χ2n) is 1.86. The Kier molecular flexibility index (Phi) is 2.07. The monoisotopic (exact) mass is 140 g/mol. The molecule has 0 aliphatic heterocycles. The second-order valence-corrected chi connectivity index (χ2v) is 1.86. The predicted octanol–water partition coefficient (Wildman–Crippen LogP) is 0.112. The van der Waals surface area contributed by atoms with Crippen LogP contribution in [-0.2, 0) is 11.3 Å². The predicted molar refractivity (Wildman–Crippen MR) is 34.5 cm³/mol. The first kappa shape index (κ1) is 6.82. The van der Waals surface area contributed by atoms with Gasteiger partial charge in [-0.25, -0.2) is 5.84 Å². The Labute approximate surface area is 58.2 Å². The molecule has 0 unspecified atom stereocenters. The van der Waals surface area contributed by atoms with Crippen LogP contribution >= 0.6 is 0 Å². The van der Waals surface area contributed by atoms with E-state index in [2.05, 4.69) is 0 Å². The third-order valence-electron chi connectivity index (χ3n) is 1.05. The van der Waals surface area contributed by atoms with E-state index in [1.165, 1.54) is 6.26 Å². The third kappa shape index (κ3) is 1.60. The number of furan rings is 1. The number of hydrogen-bond acceptors (Lipinski definition) is 3. The summed E-state index contributed by atoms with van der Waals surface area (Å²) >= 11 is 0. The molecular formula is C6H8N2O2. The molecule has 0 saturated heterocycles. The molecule has 4 heteroatoms. The van der Waals surface area contributed by atoms with E-state index in [0.717, 1.165) is 5.01 Å². The highest BCUT2D eigenvalue weighted by Crippen LogP contribution is 2.00. The van der Waals surface area contributed by atoms with Crippen LogP contribution in [0.4, 0.5) is 0 Å². The summed E-state index contributed by atoms with van der Waals surface area (Å²) in [6.45, 7) is 0.316. The number of carbonyl (C=O) groups excluding carboxylic acids is 1. The first-order valence-electron chi connectivity index (χ1n) is 2.82. The van der Waals surface area contributed by atoms with Gasteiger partial charge in [-0.05, 0) is 12.1 Å². The number of nitrogens with zero attached hydrogens (tertiary/aromatic N) is 1. The van der Waals surface area contributed by atoms with Crippen LogP contribution in [0.15, 0.2) is 22.8 Å². The standard InChI is InChI=1S/C6H8N2O2/c7-8(5-9)4-6-2-1-3-10-6/h1-3,5H,4,7H2. The number of amides is 1. The fourth-order valence-corrected chi connectivity index (χ4v) is 0.620. The zero-order chi connectivity index (χ0) is 7.40. The SMILES string of the molecule is NN(C=O)Cc1ccco1. The maximum Gasteiger partial charge on any atom is 0.224 e. The largest absolute Gasteiger partial charge is 0.467 e. The average molecular weight is 140 g/mol. The van der Waals surface area contributed by atoms with E-state index in [9.17, 15) is 4.79 Å². The van der Waals surface area contributed by atoms with Crippen LogP contribution in [0, 0.1) is 0 Å². The molecule has 0 atom stereocenters. The van der Waals surface area contributed by atoms with Crippen molar-refractivity contribution in [1.82, 2.24) is 5.01 Å². The Morgan fingerprint density at radius 3 is 3.10 bits per heavy atom. The van der Waals surface area contributed by atoms with Gasteiger partial charge in [0.2, 0.25) is 6.41 Å². The number of hydrazine groups is 1. The molecule has 54 valence electrons. The van der Waals surface area contributed by atoms with Crippen molar-refractivity contribution < 1.29 is 9.21 Å². The zero-order valence-electron chi connectivity index (χ0n) is 5.36. The zero-order valence-corrected chi connectivity index (χ0v) is 5.36. The molecule has 1 aromatic rings. The van der Waals surface area contributed by atoms with Crippen molar-refractivity contribution in [2.75, 3.05) is 0 Å². The molecule has 0 fully saturated rings. The quantitative estimate of drug-likeness (QED) is 0.280. The molecular weight excluding hydrogens is 132 g/mol. The van der Waals surface area contributed by atoms with Gasteiger partial charge >= 0.3 is 0 Å². The van der Waals surface area contributed by atoms with E-state index < -0.39 is 0 Å². The van der Waals surface area contributed by atoms with Crippen LogP contribution in [0.3, 0.4) is 0 Å². The highest BCUT2D eigenvalue weighted by Gasteiger charge is 1.97. The molecule has 1 heterocycles. The Morgan fingerprint density at radius 2 is 2.60 bits per heavy atom. The van der Waals surface area contributed by atoms with Crippen molar-refractivity contribution in [3.8, 4) is 0 Å². The second kappa shape index (κ2) is 3.03. The summed E-state index contributed by atoms with van der Waals surface area (Å²) in [4.78, 5) is 9.99. The summed E-state index contributed by atoms with van der Waals surface area (Å²) < 4.78 is 4.93.